The molecule has 0 bridgehead atoms. The number of rotatable bonds is 10. The van der Waals surface area contributed by atoms with E-state index >= 15 is 0 Å². The fraction of sp³-hybridized carbons (Fsp3) is 0.333. The molecule has 2 nitrogen and oxygen atoms in total. The third-order valence-electron chi connectivity index (χ3n) is 5.20. The third-order valence-corrected chi connectivity index (χ3v) is 5.47. The fourth-order valence-corrected chi connectivity index (χ4v) is 3.49. The summed E-state index contributed by atoms with van der Waals surface area (Å²) >= 11 is 5.83. The van der Waals surface area contributed by atoms with Crippen LogP contribution in [0.25, 0.3) is 11.1 Å². The molecule has 30 heavy (non-hydrogen) atoms. The van der Waals surface area contributed by atoms with Gasteiger partial charge in [0.2, 0.25) is 0 Å². The van der Waals surface area contributed by atoms with Crippen LogP contribution in [0.4, 0.5) is 0 Å². The smallest absolute Gasteiger partial charge is 0.131 e. The molecular formula is C27H31ClO2. The van der Waals surface area contributed by atoms with E-state index in [0.29, 0.717) is 25.0 Å². The van der Waals surface area contributed by atoms with E-state index in [2.05, 4.69) is 63.2 Å². The van der Waals surface area contributed by atoms with Crippen molar-refractivity contribution in [3.63, 3.8) is 0 Å². The van der Waals surface area contributed by atoms with Crippen LogP contribution >= 0.6 is 11.6 Å². The summed E-state index contributed by atoms with van der Waals surface area (Å²) in [6.45, 7) is 7.71. The van der Waals surface area contributed by atoms with E-state index in [9.17, 15) is 0 Å². The van der Waals surface area contributed by atoms with Gasteiger partial charge in [0, 0.05) is 17.5 Å². The van der Waals surface area contributed by atoms with Crippen LogP contribution in [0.3, 0.4) is 0 Å². The Balaban J connectivity index is 1.96. The van der Waals surface area contributed by atoms with Gasteiger partial charge in [-0.05, 0) is 47.1 Å². The molecule has 3 aromatic carbocycles. The van der Waals surface area contributed by atoms with Crippen molar-refractivity contribution in [2.45, 2.75) is 46.1 Å². The molecule has 0 amide bonds. The van der Waals surface area contributed by atoms with Gasteiger partial charge in [0.1, 0.15) is 18.1 Å². The Morgan fingerprint density at radius 3 is 2.23 bits per heavy atom. The highest BCUT2D eigenvalue weighted by Gasteiger charge is 2.14. The van der Waals surface area contributed by atoms with E-state index in [1.807, 2.05) is 24.3 Å². The van der Waals surface area contributed by atoms with Crippen molar-refractivity contribution in [3.05, 3.63) is 83.4 Å². The van der Waals surface area contributed by atoms with Gasteiger partial charge >= 0.3 is 0 Å². The molecule has 0 saturated heterocycles. The molecule has 0 aliphatic rings. The first-order valence-corrected chi connectivity index (χ1v) is 11.3. The van der Waals surface area contributed by atoms with Crippen molar-refractivity contribution in [3.8, 4) is 22.6 Å². The zero-order valence-corrected chi connectivity index (χ0v) is 18.9. The molecule has 0 aliphatic heterocycles. The van der Waals surface area contributed by atoms with Gasteiger partial charge in [-0.2, -0.15) is 0 Å². The third kappa shape index (κ3) is 5.79. The van der Waals surface area contributed by atoms with Crippen molar-refractivity contribution in [1.82, 2.24) is 0 Å². The second-order valence-corrected chi connectivity index (χ2v) is 8.13. The highest BCUT2D eigenvalue weighted by Crippen LogP contribution is 2.37. The second-order valence-electron chi connectivity index (χ2n) is 7.75. The lowest BCUT2D eigenvalue weighted by Crippen LogP contribution is -2.03. The quantitative estimate of drug-likeness (QED) is 0.247. The van der Waals surface area contributed by atoms with E-state index < -0.39 is 0 Å². The van der Waals surface area contributed by atoms with Gasteiger partial charge in [-0.3, -0.25) is 0 Å². The molecule has 0 atom stereocenters. The Bertz CT molecular complexity index is 918. The minimum absolute atomic E-state index is 0.511. The first-order valence-electron chi connectivity index (χ1n) is 10.7. The first-order chi connectivity index (χ1) is 14.6. The van der Waals surface area contributed by atoms with E-state index in [4.69, 9.17) is 21.1 Å². The number of alkyl halides is 1. The molecule has 3 rings (SSSR count). The van der Waals surface area contributed by atoms with Crippen LogP contribution in [0.2, 0.25) is 0 Å². The van der Waals surface area contributed by atoms with E-state index in [0.717, 1.165) is 41.0 Å². The number of hydrogen-bond donors (Lipinski definition) is 0. The molecule has 0 saturated carbocycles. The zero-order chi connectivity index (χ0) is 21.3. The summed E-state index contributed by atoms with van der Waals surface area (Å²) in [6.07, 6.45) is 1.72. The van der Waals surface area contributed by atoms with Crippen LogP contribution in [0, 0.1) is 0 Å². The standard InChI is InChI=1S/C27H31ClO2/c1-4-22-17-25(24-13-11-23(12-14-24)20(2)3)27(18-26(22)29-16-8-15-28)30-19-21-9-6-5-7-10-21/h5-7,9-14,17-18,20H,4,8,15-16,19H2,1-3H3. The highest BCUT2D eigenvalue weighted by atomic mass is 35.5. The number of hydrogen-bond acceptors (Lipinski definition) is 2. The predicted molar refractivity (Wildman–Crippen MR) is 127 cm³/mol. The van der Waals surface area contributed by atoms with Crippen LogP contribution in [-0.2, 0) is 13.0 Å². The maximum absolute atomic E-state index is 6.30. The van der Waals surface area contributed by atoms with Crippen molar-refractivity contribution >= 4 is 11.6 Å². The van der Waals surface area contributed by atoms with E-state index in [-0.39, 0.29) is 0 Å². The van der Waals surface area contributed by atoms with E-state index in [1.165, 1.54) is 11.1 Å². The van der Waals surface area contributed by atoms with Crippen molar-refractivity contribution in [1.29, 1.82) is 0 Å². The molecular weight excluding hydrogens is 392 g/mol. The number of aryl methyl sites for hydroxylation is 1. The molecule has 0 heterocycles. The monoisotopic (exact) mass is 422 g/mol. The normalized spacial score (nSPS) is 11.0. The fourth-order valence-electron chi connectivity index (χ4n) is 3.38. The van der Waals surface area contributed by atoms with Crippen LogP contribution in [-0.4, -0.2) is 12.5 Å². The summed E-state index contributed by atoms with van der Waals surface area (Å²) in [6, 6.07) is 23.3. The minimum atomic E-state index is 0.511. The SMILES string of the molecule is CCc1cc(-c2ccc(C(C)C)cc2)c(OCc2ccccc2)cc1OCCCCl. The molecule has 0 spiro atoms. The van der Waals surface area contributed by atoms with Crippen LogP contribution < -0.4 is 9.47 Å². The van der Waals surface area contributed by atoms with Gasteiger partial charge in [-0.25, -0.2) is 0 Å². The Hall–Kier alpha value is -2.45. The molecule has 0 unspecified atom stereocenters. The lowest BCUT2D eigenvalue weighted by Gasteiger charge is -2.18. The lowest BCUT2D eigenvalue weighted by atomic mass is 9.96. The molecule has 3 aromatic rings. The predicted octanol–water partition coefficient (Wildman–Crippen LogP) is 7.63. The molecule has 3 heteroatoms. The second kappa shape index (κ2) is 11.1. The number of ether oxygens (including phenoxy) is 2. The summed E-state index contributed by atoms with van der Waals surface area (Å²) in [7, 11) is 0. The Kier molecular flexibility index (Phi) is 8.21. The zero-order valence-electron chi connectivity index (χ0n) is 18.2. The molecule has 0 fully saturated rings. The summed E-state index contributed by atoms with van der Waals surface area (Å²) in [4.78, 5) is 0. The number of benzene rings is 3. The summed E-state index contributed by atoms with van der Waals surface area (Å²) in [5.74, 6) is 2.83. The Morgan fingerprint density at radius 1 is 0.867 bits per heavy atom. The summed E-state index contributed by atoms with van der Waals surface area (Å²) in [5.41, 5.74) is 5.91. The molecule has 0 N–H and O–H groups in total. The van der Waals surface area contributed by atoms with Gasteiger partial charge in [-0.15, -0.1) is 11.6 Å². The summed E-state index contributed by atoms with van der Waals surface area (Å²) < 4.78 is 12.3. The van der Waals surface area contributed by atoms with Gasteiger partial charge in [-0.1, -0.05) is 75.4 Å². The van der Waals surface area contributed by atoms with Gasteiger partial charge in [0.25, 0.3) is 0 Å². The summed E-state index contributed by atoms with van der Waals surface area (Å²) in [5, 5.41) is 0. The lowest BCUT2D eigenvalue weighted by molar-refractivity contribution is 0.294. The first kappa shape index (κ1) is 22.2. The average molecular weight is 423 g/mol. The Morgan fingerprint density at radius 2 is 1.60 bits per heavy atom. The Labute approximate surface area is 185 Å². The average Bonchev–Trinajstić information content (AvgIpc) is 2.78. The van der Waals surface area contributed by atoms with Gasteiger partial charge < -0.3 is 9.47 Å². The van der Waals surface area contributed by atoms with Crippen LogP contribution in [0.1, 0.15) is 49.8 Å². The van der Waals surface area contributed by atoms with Crippen LogP contribution in [0.5, 0.6) is 11.5 Å². The van der Waals surface area contributed by atoms with Crippen LogP contribution in [0.15, 0.2) is 66.7 Å². The largest absolute Gasteiger partial charge is 0.493 e. The van der Waals surface area contributed by atoms with Gasteiger partial charge in [0.15, 0.2) is 0 Å². The van der Waals surface area contributed by atoms with Gasteiger partial charge in [0.05, 0.1) is 6.61 Å². The molecule has 0 aliphatic carbocycles. The van der Waals surface area contributed by atoms with Crippen molar-refractivity contribution < 1.29 is 9.47 Å². The number of halogens is 1. The van der Waals surface area contributed by atoms with E-state index in [1.54, 1.807) is 0 Å². The highest BCUT2D eigenvalue weighted by molar-refractivity contribution is 6.17. The maximum atomic E-state index is 6.30. The maximum Gasteiger partial charge on any atom is 0.131 e. The molecule has 0 radical (unpaired) electrons. The molecule has 158 valence electrons. The topological polar surface area (TPSA) is 18.5 Å². The molecule has 0 aromatic heterocycles. The van der Waals surface area contributed by atoms with Crippen molar-refractivity contribution in [2.75, 3.05) is 12.5 Å². The minimum Gasteiger partial charge on any atom is -0.493 e. The van der Waals surface area contributed by atoms with Crippen molar-refractivity contribution in [2.24, 2.45) is 0 Å².